The Bertz CT molecular complexity index is 1140. The van der Waals surface area contributed by atoms with E-state index in [0.717, 1.165) is 18.7 Å². The number of nitrogens with zero attached hydrogens (tertiary/aromatic N) is 6. The Balaban J connectivity index is 1.55. The van der Waals surface area contributed by atoms with Gasteiger partial charge in [0.2, 0.25) is 5.95 Å². The number of ether oxygens (including phenoxy) is 1. The second-order valence-corrected chi connectivity index (χ2v) is 8.74. The summed E-state index contributed by atoms with van der Waals surface area (Å²) in [4.78, 5) is 25.9. The van der Waals surface area contributed by atoms with E-state index in [1.807, 2.05) is 15.8 Å². The van der Waals surface area contributed by atoms with E-state index < -0.39 is 0 Å². The molecular formula is C23H28ClN7O2. The van der Waals surface area contributed by atoms with Crippen LogP contribution >= 0.6 is 11.6 Å². The molecule has 3 heterocycles. The highest BCUT2D eigenvalue weighted by Gasteiger charge is 2.21. The molecule has 0 radical (unpaired) electrons. The smallest absolute Gasteiger partial charge is 0.254 e. The third-order valence-electron chi connectivity index (χ3n) is 5.63. The van der Waals surface area contributed by atoms with Crippen molar-refractivity contribution in [2.45, 2.75) is 19.9 Å². The van der Waals surface area contributed by atoms with E-state index in [9.17, 15) is 4.79 Å². The Labute approximate surface area is 198 Å². The molecule has 3 aromatic rings. The Morgan fingerprint density at radius 3 is 2.61 bits per heavy atom. The number of hydrogen-bond acceptors (Lipinski definition) is 7. The molecule has 0 atom stereocenters. The standard InChI is InChI=1S/C23H28ClN7O2/c1-15(2)31-14-17(12-26-31)21-18(24)13-25-23(28-21)27-19-6-5-16(11-20(19)33-4)22(32)30-9-7-29(3)8-10-30/h5-6,11-15H,7-10H2,1-4H3,(H,25,27,28). The molecule has 4 rings (SSSR count). The Morgan fingerprint density at radius 1 is 1.18 bits per heavy atom. The van der Waals surface area contributed by atoms with Crippen molar-refractivity contribution in [2.24, 2.45) is 0 Å². The molecular weight excluding hydrogens is 442 g/mol. The van der Waals surface area contributed by atoms with Crippen molar-refractivity contribution in [1.82, 2.24) is 29.5 Å². The molecule has 1 fully saturated rings. The predicted octanol–water partition coefficient (Wildman–Crippen LogP) is 3.71. The number of hydrogen-bond donors (Lipinski definition) is 1. The van der Waals surface area contributed by atoms with Crippen LogP contribution in [0.15, 0.2) is 36.8 Å². The number of piperazine rings is 1. The fraction of sp³-hybridized carbons (Fsp3) is 0.391. The molecule has 33 heavy (non-hydrogen) atoms. The number of methoxy groups -OCH3 is 1. The van der Waals surface area contributed by atoms with E-state index >= 15 is 0 Å². The first-order valence-electron chi connectivity index (χ1n) is 10.9. The summed E-state index contributed by atoms with van der Waals surface area (Å²) in [5.41, 5.74) is 2.63. The maximum absolute atomic E-state index is 12.9. The van der Waals surface area contributed by atoms with Crippen LogP contribution in [0.1, 0.15) is 30.2 Å². The number of aromatic nitrogens is 4. The topological polar surface area (TPSA) is 88.4 Å². The lowest BCUT2D eigenvalue weighted by molar-refractivity contribution is 0.0664. The first-order valence-corrected chi connectivity index (χ1v) is 11.2. The highest BCUT2D eigenvalue weighted by molar-refractivity contribution is 6.32. The number of amides is 1. The van der Waals surface area contributed by atoms with E-state index in [1.165, 1.54) is 0 Å². The monoisotopic (exact) mass is 469 g/mol. The van der Waals surface area contributed by atoms with Crippen LogP contribution in [-0.4, -0.2) is 75.8 Å². The maximum atomic E-state index is 12.9. The quantitative estimate of drug-likeness (QED) is 0.588. The number of nitrogens with one attached hydrogen (secondary N) is 1. The summed E-state index contributed by atoms with van der Waals surface area (Å²) >= 11 is 6.36. The van der Waals surface area contributed by atoms with Crippen LogP contribution in [0, 0.1) is 0 Å². The maximum Gasteiger partial charge on any atom is 0.254 e. The van der Waals surface area contributed by atoms with Crippen molar-refractivity contribution < 1.29 is 9.53 Å². The molecule has 1 aromatic carbocycles. The molecule has 0 aliphatic carbocycles. The van der Waals surface area contributed by atoms with E-state index in [4.69, 9.17) is 16.3 Å². The van der Waals surface area contributed by atoms with Crippen LogP contribution in [-0.2, 0) is 0 Å². The zero-order valence-corrected chi connectivity index (χ0v) is 20.0. The summed E-state index contributed by atoms with van der Waals surface area (Å²) in [6.07, 6.45) is 5.19. The van der Waals surface area contributed by atoms with Crippen molar-refractivity contribution in [3.8, 4) is 17.0 Å². The number of carbonyl (C=O) groups excluding carboxylic acids is 1. The van der Waals surface area contributed by atoms with Gasteiger partial charge in [0.25, 0.3) is 5.91 Å². The molecule has 1 N–H and O–H groups in total. The molecule has 174 valence electrons. The van der Waals surface area contributed by atoms with Gasteiger partial charge >= 0.3 is 0 Å². The number of rotatable bonds is 6. The van der Waals surface area contributed by atoms with Gasteiger partial charge in [-0.1, -0.05) is 11.6 Å². The summed E-state index contributed by atoms with van der Waals surface area (Å²) in [5.74, 6) is 0.894. The minimum Gasteiger partial charge on any atom is -0.495 e. The third-order valence-corrected chi connectivity index (χ3v) is 5.91. The molecule has 0 bridgehead atoms. The fourth-order valence-corrected chi connectivity index (χ4v) is 3.81. The second kappa shape index (κ2) is 9.76. The van der Waals surface area contributed by atoms with E-state index in [2.05, 4.69) is 46.2 Å². The van der Waals surface area contributed by atoms with Crippen molar-refractivity contribution >= 4 is 29.1 Å². The molecule has 10 heteroatoms. The Morgan fingerprint density at radius 2 is 1.94 bits per heavy atom. The second-order valence-electron chi connectivity index (χ2n) is 8.33. The fourth-order valence-electron chi connectivity index (χ4n) is 3.61. The third kappa shape index (κ3) is 5.09. The Hall–Kier alpha value is -3.17. The van der Waals surface area contributed by atoms with Crippen LogP contribution < -0.4 is 10.1 Å². The van der Waals surface area contributed by atoms with Crippen LogP contribution in [0.4, 0.5) is 11.6 Å². The SMILES string of the molecule is COc1cc(C(=O)N2CCN(C)CC2)ccc1Nc1ncc(Cl)c(-c2cnn(C(C)C)c2)n1. The van der Waals surface area contributed by atoms with E-state index in [0.29, 0.717) is 46.8 Å². The van der Waals surface area contributed by atoms with Gasteiger partial charge in [-0.3, -0.25) is 9.48 Å². The molecule has 0 unspecified atom stereocenters. The lowest BCUT2D eigenvalue weighted by Gasteiger charge is -2.32. The highest BCUT2D eigenvalue weighted by Crippen LogP contribution is 2.31. The van der Waals surface area contributed by atoms with Crippen molar-refractivity contribution in [3.63, 3.8) is 0 Å². The van der Waals surface area contributed by atoms with Crippen LogP contribution in [0.2, 0.25) is 5.02 Å². The average molecular weight is 470 g/mol. The number of halogens is 1. The molecule has 0 spiro atoms. The predicted molar refractivity (Wildman–Crippen MR) is 128 cm³/mol. The van der Waals surface area contributed by atoms with Crippen LogP contribution in [0.3, 0.4) is 0 Å². The van der Waals surface area contributed by atoms with Gasteiger partial charge in [0.15, 0.2) is 0 Å². The summed E-state index contributed by atoms with van der Waals surface area (Å²) in [6, 6.07) is 5.56. The highest BCUT2D eigenvalue weighted by atomic mass is 35.5. The van der Waals surface area contributed by atoms with Gasteiger partial charge in [0, 0.05) is 49.5 Å². The van der Waals surface area contributed by atoms with Crippen LogP contribution in [0.25, 0.3) is 11.3 Å². The number of likely N-dealkylation sites (N-methyl/N-ethyl adjacent to an activating group) is 1. The first-order chi connectivity index (χ1) is 15.9. The van der Waals surface area contributed by atoms with Gasteiger partial charge in [-0.05, 0) is 39.1 Å². The van der Waals surface area contributed by atoms with Crippen LogP contribution in [0.5, 0.6) is 5.75 Å². The van der Waals surface area contributed by atoms with Gasteiger partial charge in [-0.2, -0.15) is 5.10 Å². The van der Waals surface area contributed by atoms with E-state index in [1.54, 1.807) is 37.7 Å². The lowest BCUT2D eigenvalue weighted by Crippen LogP contribution is -2.47. The molecule has 1 amide bonds. The molecule has 1 aliphatic rings. The number of carbonyl (C=O) groups is 1. The first kappa shape index (κ1) is 23.0. The van der Waals surface area contributed by atoms with E-state index in [-0.39, 0.29) is 11.9 Å². The Kier molecular flexibility index (Phi) is 6.80. The molecule has 9 nitrogen and oxygen atoms in total. The largest absolute Gasteiger partial charge is 0.495 e. The zero-order chi connectivity index (χ0) is 23.5. The van der Waals surface area contributed by atoms with Gasteiger partial charge < -0.3 is 19.9 Å². The average Bonchev–Trinajstić information content (AvgIpc) is 3.31. The summed E-state index contributed by atoms with van der Waals surface area (Å²) < 4.78 is 7.39. The molecule has 0 saturated carbocycles. The van der Waals surface area contributed by atoms with Gasteiger partial charge in [0.05, 0.1) is 35.9 Å². The van der Waals surface area contributed by atoms with Gasteiger partial charge in [0.1, 0.15) is 5.75 Å². The van der Waals surface area contributed by atoms with Crippen molar-refractivity contribution in [3.05, 3.63) is 47.4 Å². The van der Waals surface area contributed by atoms with Crippen molar-refractivity contribution in [1.29, 1.82) is 0 Å². The number of benzene rings is 1. The van der Waals surface area contributed by atoms with Gasteiger partial charge in [-0.15, -0.1) is 0 Å². The summed E-state index contributed by atoms with van der Waals surface area (Å²) in [5, 5.41) is 7.97. The number of anilines is 2. The lowest BCUT2D eigenvalue weighted by atomic mass is 10.1. The summed E-state index contributed by atoms with van der Waals surface area (Å²) in [6.45, 7) is 7.27. The summed E-state index contributed by atoms with van der Waals surface area (Å²) in [7, 11) is 3.63. The van der Waals surface area contributed by atoms with Gasteiger partial charge in [-0.25, -0.2) is 9.97 Å². The minimum absolute atomic E-state index is 0.000133. The minimum atomic E-state index is 0.000133. The molecule has 1 aliphatic heterocycles. The van der Waals surface area contributed by atoms with Crippen molar-refractivity contribution in [2.75, 3.05) is 45.7 Å². The normalized spacial score (nSPS) is 14.5. The zero-order valence-electron chi connectivity index (χ0n) is 19.2. The molecule has 1 saturated heterocycles. The molecule has 2 aromatic heterocycles.